The number of nitrogens with zero attached hydrogens (tertiary/aromatic N) is 1. The molecule has 0 fully saturated rings. The van der Waals surface area contributed by atoms with Gasteiger partial charge in [0.2, 0.25) is 0 Å². The largest absolute Gasteiger partial charge is 0.393 e. The molecule has 5 nitrogen and oxygen atoms in total. The molecule has 92 valence electrons. The first kappa shape index (κ1) is 14.8. The third kappa shape index (κ3) is 6.83. The topological polar surface area (TPSA) is 69.6 Å². The summed E-state index contributed by atoms with van der Waals surface area (Å²) < 4.78 is 26.9. The standard InChI is InChI=1S/C9H22N2O3S/c1-8(2)7-10-15(13,14)11(4)6-5-9(3)12/h8-10,12H,5-7H2,1-4H3. The van der Waals surface area contributed by atoms with E-state index in [1.165, 1.54) is 11.4 Å². The van der Waals surface area contributed by atoms with Gasteiger partial charge in [-0.3, -0.25) is 0 Å². The lowest BCUT2D eigenvalue weighted by Crippen LogP contribution is -2.40. The van der Waals surface area contributed by atoms with Crippen molar-refractivity contribution in [2.24, 2.45) is 5.92 Å². The molecule has 0 heterocycles. The summed E-state index contributed by atoms with van der Waals surface area (Å²) in [5.74, 6) is 0.282. The molecule has 1 unspecified atom stereocenters. The molecule has 6 heteroatoms. The summed E-state index contributed by atoms with van der Waals surface area (Å²) in [6.07, 6.45) is -0.0354. The van der Waals surface area contributed by atoms with Crippen molar-refractivity contribution in [3.8, 4) is 0 Å². The van der Waals surface area contributed by atoms with Crippen LogP contribution in [0.1, 0.15) is 27.2 Å². The molecule has 0 bridgehead atoms. The van der Waals surface area contributed by atoms with Crippen LogP contribution < -0.4 is 4.72 Å². The van der Waals surface area contributed by atoms with Gasteiger partial charge in [-0.05, 0) is 19.3 Å². The van der Waals surface area contributed by atoms with E-state index in [2.05, 4.69) is 4.72 Å². The Balaban J connectivity index is 4.09. The Morgan fingerprint density at radius 2 is 1.87 bits per heavy atom. The molecule has 0 rings (SSSR count). The van der Waals surface area contributed by atoms with Crippen LogP contribution in [0.5, 0.6) is 0 Å². The molecule has 1 atom stereocenters. The van der Waals surface area contributed by atoms with Gasteiger partial charge in [0, 0.05) is 20.1 Å². The van der Waals surface area contributed by atoms with E-state index in [0.717, 1.165) is 0 Å². The van der Waals surface area contributed by atoms with Gasteiger partial charge in [-0.15, -0.1) is 0 Å². The lowest BCUT2D eigenvalue weighted by atomic mass is 10.2. The Morgan fingerprint density at radius 1 is 1.33 bits per heavy atom. The first-order chi connectivity index (χ1) is 6.75. The van der Waals surface area contributed by atoms with E-state index in [0.29, 0.717) is 19.5 Å². The highest BCUT2D eigenvalue weighted by atomic mass is 32.2. The van der Waals surface area contributed by atoms with Gasteiger partial charge in [0.05, 0.1) is 6.10 Å². The first-order valence-corrected chi connectivity index (χ1v) is 6.58. The van der Waals surface area contributed by atoms with Crippen molar-refractivity contribution < 1.29 is 13.5 Å². The molecule has 0 aromatic carbocycles. The Labute approximate surface area is 92.7 Å². The maximum Gasteiger partial charge on any atom is 0.279 e. The average molecular weight is 238 g/mol. The Bertz CT molecular complexity index is 263. The molecule has 0 radical (unpaired) electrons. The van der Waals surface area contributed by atoms with Crippen molar-refractivity contribution in [3.05, 3.63) is 0 Å². The van der Waals surface area contributed by atoms with Gasteiger partial charge in [-0.1, -0.05) is 13.8 Å². The molecular weight excluding hydrogens is 216 g/mol. The van der Waals surface area contributed by atoms with E-state index < -0.39 is 16.3 Å². The monoisotopic (exact) mass is 238 g/mol. The van der Waals surface area contributed by atoms with Gasteiger partial charge in [0.25, 0.3) is 10.2 Å². The molecule has 0 saturated heterocycles. The van der Waals surface area contributed by atoms with Crippen molar-refractivity contribution in [1.82, 2.24) is 9.03 Å². The van der Waals surface area contributed by atoms with E-state index in [1.54, 1.807) is 6.92 Å². The molecular formula is C9H22N2O3S. The van der Waals surface area contributed by atoms with Crippen LogP contribution in [-0.4, -0.2) is 44.1 Å². The minimum Gasteiger partial charge on any atom is -0.393 e. The second kappa shape index (κ2) is 6.42. The SMILES string of the molecule is CC(C)CNS(=O)(=O)N(C)CCC(C)O. The summed E-state index contributed by atoms with van der Waals surface area (Å²) in [6, 6.07) is 0. The second-order valence-corrected chi connectivity index (χ2v) is 6.07. The summed E-state index contributed by atoms with van der Waals surface area (Å²) >= 11 is 0. The maximum atomic E-state index is 11.6. The Morgan fingerprint density at radius 3 is 2.27 bits per heavy atom. The molecule has 0 saturated carbocycles. The van der Waals surface area contributed by atoms with Crippen LogP contribution in [0.15, 0.2) is 0 Å². The van der Waals surface area contributed by atoms with Crippen molar-refractivity contribution in [2.75, 3.05) is 20.1 Å². The van der Waals surface area contributed by atoms with E-state index in [-0.39, 0.29) is 5.92 Å². The third-order valence-electron chi connectivity index (χ3n) is 1.95. The molecule has 0 spiro atoms. The minimum atomic E-state index is -3.38. The van der Waals surface area contributed by atoms with Gasteiger partial charge >= 0.3 is 0 Å². The molecule has 0 aliphatic carbocycles. The fourth-order valence-corrected chi connectivity index (χ4v) is 1.98. The van der Waals surface area contributed by atoms with Crippen molar-refractivity contribution in [1.29, 1.82) is 0 Å². The highest BCUT2D eigenvalue weighted by Gasteiger charge is 2.17. The van der Waals surface area contributed by atoms with Crippen LogP contribution in [0, 0.1) is 5.92 Å². The molecule has 0 aliphatic heterocycles. The van der Waals surface area contributed by atoms with Crippen molar-refractivity contribution >= 4 is 10.2 Å². The quantitative estimate of drug-likeness (QED) is 0.665. The fraction of sp³-hybridized carbons (Fsp3) is 1.00. The normalized spacial score (nSPS) is 14.9. The molecule has 0 amide bonds. The van der Waals surface area contributed by atoms with Crippen LogP contribution >= 0.6 is 0 Å². The maximum absolute atomic E-state index is 11.6. The molecule has 0 aromatic rings. The Kier molecular flexibility index (Phi) is 6.35. The van der Waals surface area contributed by atoms with Gasteiger partial charge < -0.3 is 5.11 Å². The van der Waals surface area contributed by atoms with Crippen LogP contribution in [0.3, 0.4) is 0 Å². The molecule has 2 N–H and O–H groups in total. The summed E-state index contributed by atoms with van der Waals surface area (Å²) in [4.78, 5) is 0. The molecule has 0 aromatic heterocycles. The van der Waals surface area contributed by atoms with Gasteiger partial charge in [0.15, 0.2) is 0 Å². The minimum absolute atomic E-state index is 0.282. The van der Waals surface area contributed by atoms with Gasteiger partial charge in [-0.25, -0.2) is 4.72 Å². The number of aliphatic hydroxyl groups excluding tert-OH is 1. The van der Waals surface area contributed by atoms with Gasteiger partial charge in [-0.2, -0.15) is 12.7 Å². The highest BCUT2D eigenvalue weighted by molar-refractivity contribution is 7.87. The van der Waals surface area contributed by atoms with E-state index in [9.17, 15) is 8.42 Å². The van der Waals surface area contributed by atoms with Crippen molar-refractivity contribution in [3.63, 3.8) is 0 Å². The zero-order valence-electron chi connectivity index (χ0n) is 9.90. The number of aliphatic hydroxyl groups is 1. The predicted molar refractivity (Wildman–Crippen MR) is 60.7 cm³/mol. The fourth-order valence-electron chi connectivity index (χ4n) is 0.871. The highest BCUT2D eigenvalue weighted by Crippen LogP contribution is 1.99. The average Bonchev–Trinajstić information content (AvgIpc) is 2.11. The second-order valence-electron chi connectivity index (χ2n) is 4.21. The predicted octanol–water partition coefficient (Wildman–Crippen LogP) is 0.179. The van der Waals surface area contributed by atoms with Crippen LogP contribution in [0.4, 0.5) is 0 Å². The summed E-state index contributed by atoms with van der Waals surface area (Å²) in [6.45, 7) is 6.28. The van der Waals surface area contributed by atoms with Crippen molar-refractivity contribution in [2.45, 2.75) is 33.3 Å². The van der Waals surface area contributed by atoms with Crippen LogP contribution in [-0.2, 0) is 10.2 Å². The smallest absolute Gasteiger partial charge is 0.279 e. The third-order valence-corrected chi connectivity index (χ3v) is 3.48. The summed E-state index contributed by atoms with van der Waals surface area (Å²) in [7, 11) is -1.87. The molecule has 0 aliphatic rings. The number of rotatable bonds is 7. The summed E-state index contributed by atoms with van der Waals surface area (Å²) in [5.41, 5.74) is 0. The zero-order chi connectivity index (χ0) is 12.1. The lowest BCUT2D eigenvalue weighted by Gasteiger charge is -2.19. The number of nitrogens with one attached hydrogen (secondary N) is 1. The van der Waals surface area contributed by atoms with E-state index in [1.807, 2.05) is 13.8 Å². The zero-order valence-corrected chi connectivity index (χ0v) is 10.7. The van der Waals surface area contributed by atoms with Crippen LogP contribution in [0.25, 0.3) is 0 Å². The first-order valence-electron chi connectivity index (χ1n) is 5.14. The summed E-state index contributed by atoms with van der Waals surface area (Å²) in [5, 5.41) is 9.04. The lowest BCUT2D eigenvalue weighted by molar-refractivity contribution is 0.177. The van der Waals surface area contributed by atoms with Gasteiger partial charge in [0.1, 0.15) is 0 Å². The van der Waals surface area contributed by atoms with E-state index in [4.69, 9.17) is 5.11 Å². The molecule has 15 heavy (non-hydrogen) atoms. The number of hydrogen-bond donors (Lipinski definition) is 2. The van der Waals surface area contributed by atoms with Crippen LogP contribution in [0.2, 0.25) is 0 Å². The Hall–Kier alpha value is -0.170. The number of hydrogen-bond acceptors (Lipinski definition) is 3. The van der Waals surface area contributed by atoms with E-state index >= 15 is 0 Å².